The molecule has 0 amide bonds. The lowest BCUT2D eigenvalue weighted by atomic mass is 9.74. The number of hydrogen-bond donors (Lipinski definition) is 1. The summed E-state index contributed by atoms with van der Waals surface area (Å²) in [4.78, 5) is 6.65. The van der Waals surface area contributed by atoms with Gasteiger partial charge in [-0.3, -0.25) is 9.88 Å². The van der Waals surface area contributed by atoms with Crippen molar-refractivity contribution in [2.75, 3.05) is 32.4 Å². The zero-order valence-electron chi connectivity index (χ0n) is 20.4. The van der Waals surface area contributed by atoms with Gasteiger partial charge in [0.1, 0.15) is 0 Å². The molecule has 0 aliphatic carbocycles. The van der Waals surface area contributed by atoms with Gasteiger partial charge in [0.25, 0.3) is 5.60 Å². The molecular weight excluding hydrogens is 524 g/mol. The molecule has 3 heterocycles. The van der Waals surface area contributed by atoms with Crippen molar-refractivity contribution in [3.05, 3.63) is 52.7 Å². The summed E-state index contributed by atoms with van der Waals surface area (Å²) in [5.41, 5.74) is -3.70. The smallest absolute Gasteiger partial charge is 0.369 e. The molecule has 0 unspecified atom stereocenters. The van der Waals surface area contributed by atoms with E-state index in [2.05, 4.69) is 9.88 Å². The van der Waals surface area contributed by atoms with Crippen LogP contribution >= 0.6 is 0 Å². The van der Waals surface area contributed by atoms with E-state index < -0.39 is 33.5 Å². The van der Waals surface area contributed by atoms with Gasteiger partial charge in [-0.25, -0.2) is 12.7 Å². The lowest BCUT2D eigenvalue weighted by molar-refractivity contribution is -0.376. The number of rotatable bonds is 6. The molecule has 0 radical (unpaired) electrons. The number of pyridine rings is 1. The predicted octanol–water partition coefficient (Wildman–Crippen LogP) is 4.01. The molecule has 13 heteroatoms. The number of aliphatic hydroxyl groups is 1. The molecule has 1 spiro atoms. The Bertz CT molecular complexity index is 1280. The van der Waals surface area contributed by atoms with E-state index in [0.29, 0.717) is 49.4 Å². The molecule has 1 aromatic carbocycles. The summed E-state index contributed by atoms with van der Waals surface area (Å²) in [6.45, 7) is 6.35. The summed E-state index contributed by atoms with van der Waals surface area (Å²) < 4.78 is 104. The highest BCUT2D eigenvalue weighted by molar-refractivity contribution is 7.88. The van der Waals surface area contributed by atoms with Gasteiger partial charge in [-0.15, -0.1) is 0 Å². The molecule has 37 heavy (non-hydrogen) atoms. The maximum absolute atomic E-state index is 13.3. The van der Waals surface area contributed by atoms with Gasteiger partial charge in [0.15, 0.2) is 0 Å². The van der Waals surface area contributed by atoms with Crippen molar-refractivity contribution in [3.8, 4) is 11.3 Å². The highest BCUT2D eigenvalue weighted by atomic mass is 32.2. The molecule has 2 aromatic rings. The fourth-order valence-electron chi connectivity index (χ4n) is 5.21. The Morgan fingerprint density at radius 3 is 2.11 bits per heavy atom. The van der Waals surface area contributed by atoms with Crippen LogP contribution in [0.4, 0.5) is 26.3 Å². The second-order valence-electron chi connectivity index (χ2n) is 10.1. The fourth-order valence-corrected chi connectivity index (χ4v) is 6.23. The summed E-state index contributed by atoms with van der Waals surface area (Å²) in [5, 5.41) is 9.70. The Labute approximate surface area is 211 Å². The lowest BCUT2D eigenvalue weighted by Gasteiger charge is -2.59. The third-order valence-electron chi connectivity index (χ3n) is 7.14. The highest BCUT2D eigenvalue weighted by Gasteiger charge is 2.71. The van der Waals surface area contributed by atoms with Crippen molar-refractivity contribution >= 4 is 10.0 Å². The number of alkyl halides is 6. The van der Waals surface area contributed by atoms with Gasteiger partial charge in [0.2, 0.25) is 10.0 Å². The van der Waals surface area contributed by atoms with Crippen molar-refractivity contribution < 1.29 is 39.9 Å². The van der Waals surface area contributed by atoms with E-state index in [-0.39, 0.29) is 11.0 Å². The molecule has 4 rings (SSSR count). The summed E-state index contributed by atoms with van der Waals surface area (Å²) in [7, 11) is -3.18. The highest BCUT2D eigenvalue weighted by Crippen LogP contribution is 2.50. The van der Waals surface area contributed by atoms with Crippen molar-refractivity contribution in [2.45, 2.75) is 44.8 Å². The number of halogens is 6. The molecule has 0 saturated carbocycles. The van der Waals surface area contributed by atoms with Crippen LogP contribution in [0.15, 0.2) is 30.5 Å². The third-order valence-corrected chi connectivity index (χ3v) is 8.34. The van der Waals surface area contributed by atoms with Crippen LogP contribution in [0.5, 0.6) is 0 Å². The quantitative estimate of drug-likeness (QED) is 0.550. The van der Waals surface area contributed by atoms with Gasteiger partial charge in [0, 0.05) is 55.5 Å². The van der Waals surface area contributed by atoms with Crippen LogP contribution in [0, 0.1) is 12.3 Å². The maximum Gasteiger partial charge on any atom is 0.430 e. The molecule has 2 saturated heterocycles. The van der Waals surface area contributed by atoms with E-state index in [1.807, 2.05) is 13.0 Å². The largest absolute Gasteiger partial charge is 0.430 e. The Morgan fingerprint density at radius 1 is 1.03 bits per heavy atom. The SMILES string of the molecule is CCc1cc(CN2CC3(C2)CN(S(C)(=O)=O)C3)cnc1-c1ccc(C(O)(C(F)(F)F)C(F)(F)F)cc1C. The van der Waals surface area contributed by atoms with E-state index in [1.54, 1.807) is 6.20 Å². The Hall–Kier alpha value is -2.22. The van der Waals surface area contributed by atoms with E-state index in [4.69, 9.17) is 0 Å². The van der Waals surface area contributed by atoms with Crippen LogP contribution in [-0.4, -0.2) is 72.5 Å². The minimum absolute atomic E-state index is 0.0162. The fraction of sp³-hybridized carbons (Fsp3) is 0.542. The van der Waals surface area contributed by atoms with E-state index >= 15 is 0 Å². The molecule has 6 nitrogen and oxygen atoms in total. The van der Waals surface area contributed by atoms with Gasteiger partial charge in [-0.1, -0.05) is 31.2 Å². The number of likely N-dealkylation sites (tertiary alicyclic amines) is 1. The van der Waals surface area contributed by atoms with Crippen molar-refractivity contribution in [1.29, 1.82) is 0 Å². The van der Waals surface area contributed by atoms with Crippen molar-refractivity contribution in [3.63, 3.8) is 0 Å². The van der Waals surface area contributed by atoms with Gasteiger partial charge < -0.3 is 5.11 Å². The molecule has 2 fully saturated rings. The summed E-state index contributed by atoms with van der Waals surface area (Å²) in [6, 6.07) is 4.36. The summed E-state index contributed by atoms with van der Waals surface area (Å²) in [5.74, 6) is 0. The predicted molar refractivity (Wildman–Crippen MR) is 124 cm³/mol. The monoisotopic (exact) mass is 551 g/mol. The number of aromatic nitrogens is 1. The first-order valence-electron chi connectivity index (χ1n) is 11.5. The van der Waals surface area contributed by atoms with Gasteiger partial charge in [-0.2, -0.15) is 26.3 Å². The Balaban J connectivity index is 1.52. The lowest BCUT2D eigenvalue weighted by Crippen LogP contribution is -2.72. The summed E-state index contributed by atoms with van der Waals surface area (Å²) in [6.07, 6.45) is -8.56. The first-order valence-corrected chi connectivity index (χ1v) is 13.4. The van der Waals surface area contributed by atoms with Crippen molar-refractivity contribution in [1.82, 2.24) is 14.2 Å². The van der Waals surface area contributed by atoms with Crippen molar-refractivity contribution in [2.24, 2.45) is 5.41 Å². The number of aryl methyl sites for hydroxylation is 2. The Morgan fingerprint density at radius 2 is 1.62 bits per heavy atom. The van der Waals surface area contributed by atoms with E-state index in [1.165, 1.54) is 17.5 Å². The number of sulfonamides is 1. The molecule has 1 N–H and O–H groups in total. The van der Waals surface area contributed by atoms with Crippen LogP contribution in [0.2, 0.25) is 0 Å². The first-order chi connectivity index (χ1) is 16.9. The zero-order valence-corrected chi connectivity index (χ0v) is 21.2. The average Bonchev–Trinajstić information content (AvgIpc) is 2.71. The molecule has 2 aliphatic rings. The standard InChI is InChI=1S/C24H27F6N3O3S/c1-4-17-8-16(10-32-11-21(12-32)13-33(14-21)37(3,35)36)9-31-20(17)19-6-5-18(7-15(19)2)22(34,23(25,26)27)24(28,29)30/h5-9,34H,4,10-14H2,1-3H3. The number of hydrogen-bond acceptors (Lipinski definition) is 5. The minimum atomic E-state index is -5.95. The molecular formula is C24H27F6N3O3S. The zero-order chi connectivity index (χ0) is 27.6. The normalized spacial score (nSPS) is 19.1. The average molecular weight is 552 g/mol. The maximum atomic E-state index is 13.3. The van der Waals surface area contributed by atoms with Crippen LogP contribution < -0.4 is 0 Å². The van der Waals surface area contributed by atoms with E-state index in [9.17, 15) is 39.9 Å². The Kier molecular flexibility index (Phi) is 6.71. The molecule has 0 atom stereocenters. The first kappa shape index (κ1) is 27.8. The molecule has 1 aromatic heterocycles. The van der Waals surface area contributed by atoms with E-state index in [0.717, 1.165) is 30.3 Å². The second-order valence-corrected chi connectivity index (χ2v) is 12.1. The molecule has 2 aliphatic heterocycles. The van der Waals surface area contributed by atoms with Gasteiger partial charge >= 0.3 is 12.4 Å². The number of nitrogens with zero attached hydrogens (tertiary/aromatic N) is 3. The van der Waals surface area contributed by atoms with Crippen LogP contribution in [-0.2, 0) is 28.6 Å². The second kappa shape index (κ2) is 8.92. The van der Waals surface area contributed by atoms with Crippen LogP contribution in [0.3, 0.4) is 0 Å². The third kappa shape index (κ3) is 4.86. The molecule has 0 bridgehead atoms. The minimum Gasteiger partial charge on any atom is -0.369 e. The van der Waals surface area contributed by atoms with Gasteiger partial charge in [0.05, 0.1) is 11.9 Å². The number of benzene rings is 1. The molecule has 204 valence electrons. The summed E-state index contributed by atoms with van der Waals surface area (Å²) >= 11 is 0. The van der Waals surface area contributed by atoms with Crippen LogP contribution in [0.1, 0.15) is 29.2 Å². The van der Waals surface area contributed by atoms with Crippen LogP contribution in [0.25, 0.3) is 11.3 Å². The topological polar surface area (TPSA) is 73.7 Å². The van der Waals surface area contributed by atoms with Gasteiger partial charge in [-0.05, 0) is 30.0 Å².